The second kappa shape index (κ2) is 6.82. The molecule has 2 heterocycles. The average molecular weight is 450 g/mol. The van der Waals surface area contributed by atoms with Crippen molar-refractivity contribution in [2.24, 2.45) is 5.92 Å². The molecule has 13 heteroatoms. The lowest BCUT2D eigenvalue weighted by atomic mass is 9.58. The molecule has 2 aliphatic heterocycles. The van der Waals surface area contributed by atoms with Crippen molar-refractivity contribution in [2.75, 3.05) is 6.54 Å². The van der Waals surface area contributed by atoms with Gasteiger partial charge in [0, 0.05) is 0 Å². The molecule has 31 heavy (non-hydrogen) atoms. The van der Waals surface area contributed by atoms with Gasteiger partial charge >= 0.3 is 18.2 Å². The first-order valence-corrected chi connectivity index (χ1v) is 9.86. The Kier molecular flexibility index (Phi) is 4.81. The van der Waals surface area contributed by atoms with Gasteiger partial charge in [-0.2, -0.15) is 13.2 Å². The third-order valence-electron chi connectivity index (χ3n) is 6.09. The van der Waals surface area contributed by atoms with Crippen molar-refractivity contribution in [1.29, 1.82) is 0 Å². The Bertz CT molecular complexity index is 1000. The zero-order chi connectivity index (χ0) is 22.9. The van der Waals surface area contributed by atoms with Gasteiger partial charge in [-0.15, -0.1) is 0 Å². The molecule has 3 aliphatic rings. The molecule has 1 aromatic rings. The van der Waals surface area contributed by atoms with E-state index in [0.717, 1.165) is 17.0 Å². The number of nitrogens with zero attached hydrogens (tertiary/aromatic N) is 1. The monoisotopic (exact) mass is 450 g/mol. The maximum Gasteiger partial charge on any atom is 0.417 e. The molecule has 160 valence electrons. The zero-order valence-corrected chi connectivity index (χ0v) is 17.0. The molecule has 5 amide bonds. The third-order valence-corrected chi connectivity index (χ3v) is 6.41. The first-order chi connectivity index (χ1) is 14.3. The first-order valence-electron chi connectivity index (χ1n) is 9.48. The van der Waals surface area contributed by atoms with E-state index in [9.17, 15) is 27.6 Å². The molecule has 7 nitrogen and oxygen atoms in total. The van der Waals surface area contributed by atoms with E-state index in [1.807, 2.05) is 0 Å². The molecule has 0 bridgehead atoms. The normalized spacial score (nSPS) is 27.0. The highest BCUT2D eigenvalue weighted by atomic mass is 35.5. The second-order valence-corrected chi connectivity index (χ2v) is 8.51. The summed E-state index contributed by atoms with van der Waals surface area (Å²) in [6, 6.07) is -0.519. The molecular formula is C18H16B2ClF3N4O3. The van der Waals surface area contributed by atoms with Gasteiger partial charge < -0.3 is 15.5 Å². The molecule has 0 spiro atoms. The molecule has 2 atom stereocenters. The molecule has 1 aliphatic carbocycles. The number of rotatable bonds is 3. The first kappa shape index (κ1) is 21.9. The van der Waals surface area contributed by atoms with Gasteiger partial charge in [0.25, 0.3) is 5.91 Å². The number of carbonyl (C=O) groups excluding carboxylic acids is 3. The maximum absolute atomic E-state index is 13.3. The molecule has 2 fully saturated rings. The molecule has 1 saturated carbocycles. The lowest BCUT2D eigenvalue weighted by Crippen LogP contribution is -2.60. The average Bonchev–Trinajstić information content (AvgIpc) is 3.41. The Hall–Kier alpha value is -2.36. The predicted octanol–water partition coefficient (Wildman–Crippen LogP) is 1.88. The molecule has 4 rings (SSSR count). The summed E-state index contributed by atoms with van der Waals surface area (Å²) in [5, 5.41) is 4.76. The van der Waals surface area contributed by atoms with Crippen molar-refractivity contribution >= 4 is 45.3 Å². The van der Waals surface area contributed by atoms with Crippen LogP contribution in [-0.4, -0.2) is 50.6 Å². The van der Waals surface area contributed by atoms with Crippen LogP contribution >= 0.6 is 11.6 Å². The number of imide groups is 1. The molecular weight excluding hydrogens is 434 g/mol. The van der Waals surface area contributed by atoms with Gasteiger partial charge in [0.15, 0.2) is 0 Å². The van der Waals surface area contributed by atoms with Crippen LogP contribution < -0.4 is 16.0 Å². The van der Waals surface area contributed by atoms with Gasteiger partial charge in [0.1, 0.15) is 5.54 Å². The van der Waals surface area contributed by atoms with E-state index in [1.54, 1.807) is 0 Å². The number of halogens is 4. The second-order valence-electron chi connectivity index (χ2n) is 8.10. The minimum absolute atomic E-state index is 0.0805. The van der Waals surface area contributed by atoms with E-state index in [1.165, 1.54) is 6.92 Å². The number of hydrogen-bond acceptors (Lipinski definition) is 3. The molecule has 1 aromatic carbocycles. The highest BCUT2D eigenvalue weighted by molar-refractivity contribution is 6.41. The van der Waals surface area contributed by atoms with Gasteiger partial charge in [-0.1, -0.05) is 11.6 Å². The summed E-state index contributed by atoms with van der Waals surface area (Å²) in [6.45, 7) is 1.26. The molecule has 0 unspecified atom stereocenters. The van der Waals surface area contributed by atoms with Gasteiger partial charge in [-0.3, -0.25) is 10.1 Å². The summed E-state index contributed by atoms with van der Waals surface area (Å²) in [5.41, 5.74) is -2.16. The highest BCUT2D eigenvalue weighted by Gasteiger charge is 2.56. The number of amides is 5. The topological polar surface area (TPSA) is 90.5 Å². The number of carbonyl (C=O) groups is 3. The smallest absolute Gasteiger partial charge is 0.335 e. The largest absolute Gasteiger partial charge is 0.417 e. The van der Waals surface area contributed by atoms with Crippen molar-refractivity contribution in [3.8, 4) is 0 Å². The van der Waals surface area contributed by atoms with Crippen LogP contribution in [0.25, 0.3) is 0 Å². The minimum atomic E-state index is -4.70. The highest BCUT2D eigenvalue weighted by Crippen LogP contribution is 2.47. The quantitative estimate of drug-likeness (QED) is 0.485. The number of hydrogen-bond donors (Lipinski definition) is 3. The summed E-state index contributed by atoms with van der Waals surface area (Å²) in [5.74, 6) is -0.687. The predicted molar refractivity (Wildman–Crippen MR) is 105 cm³/mol. The molecule has 4 radical (unpaired) electrons. The standard InChI is InChI=1S/C18H16B2ClF3N4O3/c1-7-9-4-11(18(22,23)24)12(21)5-10(9)17(19,20)28(7)15(31)25-6-16(8-2-3-8)13(29)26-14(30)27-16/h4-5,7-8H,2-3,6H2,1H3,(H,25,31)(H2,26,27,29,30)/t7-,16-/m0/s1. The van der Waals surface area contributed by atoms with Gasteiger partial charge in [-0.25, -0.2) is 9.59 Å². The summed E-state index contributed by atoms with van der Waals surface area (Å²) in [6.07, 6.45) is -3.30. The summed E-state index contributed by atoms with van der Waals surface area (Å²) in [4.78, 5) is 38.0. The Morgan fingerprint density at radius 2 is 1.97 bits per heavy atom. The number of benzene rings is 1. The van der Waals surface area contributed by atoms with Gasteiger partial charge in [-0.05, 0) is 54.3 Å². The van der Waals surface area contributed by atoms with E-state index in [2.05, 4.69) is 16.0 Å². The van der Waals surface area contributed by atoms with Crippen LogP contribution in [0.2, 0.25) is 5.02 Å². The van der Waals surface area contributed by atoms with Crippen molar-refractivity contribution in [2.45, 2.75) is 42.9 Å². The zero-order valence-electron chi connectivity index (χ0n) is 16.3. The summed E-state index contributed by atoms with van der Waals surface area (Å²) in [7, 11) is 12.3. The summed E-state index contributed by atoms with van der Waals surface area (Å²) < 4.78 is 39.8. The number of urea groups is 2. The number of fused-ring (bicyclic) bond motifs is 1. The van der Waals surface area contributed by atoms with E-state index < -0.39 is 51.7 Å². The minimum Gasteiger partial charge on any atom is -0.335 e. The third kappa shape index (κ3) is 3.35. The fourth-order valence-corrected chi connectivity index (χ4v) is 4.64. The number of alkyl halides is 3. The SMILES string of the molecule is [B]C1([B])c2cc(Cl)c(C(F)(F)F)cc2[C@H](C)N1C(=O)NC[C@@]1(C2CC2)NC(=O)NC1=O. The van der Waals surface area contributed by atoms with E-state index in [4.69, 9.17) is 27.3 Å². The van der Waals surface area contributed by atoms with Gasteiger partial charge in [0.05, 0.1) is 38.9 Å². The van der Waals surface area contributed by atoms with E-state index in [-0.39, 0.29) is 23.6 Å². The van der Waals surface area contributed by atoms with Crippen molar-refractivity contribution in [3.05, 3.63) is 33.8 Å². The molecule has 1 saturated heterocycles. The van der Waals surface area contributed by atoms with Crippen LogP contribution in [0, 0.1) is 5.92 Å². The van der Waals surface area contributed by atoms with Crippen LogP contribution in [-0.2, 0) is 16.3 Å². The van der Waals surface area contributed by atoms with Crippen LogP contribution in [0.3, 0.4) is 0 Å². The Morgan fingerprint density at radius 1 is 1.32 bits per heavy atom. The van der Waals surface area contributed by atoms with Crippen molar-refractivity contribution in [1.82, 2.24) is 20.9 Å². The Morgan fingerprint density at radius 3 is 2.48 bits per heavy atom. The fourth-order valence-electron chi connectivity index (χ4n) is 4.37. The van der Waals surface area contributed by atoms with Crippen molar-refractivity contribution < 1.29 is 27.6 Å². The lowest BCUT2D eigenvalue weighted by Gasteiger charge is -2.37. The van der Waals surface area contributed by atoms with Crippen LogP contribution in [0.4, 0.5) is 22.8 Å². The number of nitrogens with one attached hydrogen (secondary N) is 3. The lowest BCUT2D eigenvalue weighted by molar-refractivity contribution is -0.137. The van der Waals surface area contributed by atoms with E-state index >= 15 is 0 Å². The summed E-state index contributed by atoms with van der Waals surface area (Å²) >= 11 is 5.80. The molecule has 0 aromatic heterocycles. The Labute approximate surface area is 183 Å². The maximum atomic E-state index is 13.3. The fraction of sp³-hybridized carbons (Fsp3) is 0.500. The van der Waals surface area contributed by atoms with Crippen LogP contribution in [0.15, 0.2) is 12.1 Å². The van der Waals surface area contributed by atoms with Crippen LogP contribution in [0.1, 0.15) is 42.5 Å². The van der Waals surface area contributed by atoms with Gasteiger partial charge in [0.2, 0.25) is 0 Å². The Balaban J connectivity index is 1.60. The van der Waals surface area contributed by atoms with E-state index in [0.29, 0.717) is 12.8 Å². The molecule has 3 N–H and O–H groups in total. The van der Waals surface area contributed by atoms with Crippen molar-refractivity contribution in [3.63, 3.8) is 0 Å². The van der Waals surface area contributed by atoms with Crippen LogP contribution in [0.5, 0.6) is 0 Å².